The van der Waals surface area contributed by atoms with Gasteiger partial charge >= 0.3 is 6.09 Å². The third kappa shape index (κ3) is 10.7. The minimum Gasteiger partial charge on any atom is -0.444 e. The molecule has 0 saturated heterocycles. The number of rotatable bonds is 13. The Bertz CT molecular complexity index is 1170. The van der Waals surface area contributed by atoms with Gasteiger partial charge in [-0.2, -0.15) is 11.8 Å². The van der Waals surface area contributed by atoms with E-state index in [1.165, 1.54) is 0 Å². The van der Waals surface area contributed by atoms with Crippen LogP contribution in [0.15, 0.2) is 42.5 Å². The fraction of sp³-hybridized carbons (Fsp3) is 0.559. The minimum atomic E-state index is -0.906. The Labute approximate surface area is 257 Å². The molecule has 2 N–H and O–H groups in total. The third-order valence-corrected chi connectivity index (χ3v) is 7.78. The SMILES string of the molecule is CSCCC(NC(=O)OC(C)(C)C)C(=O)N(C(C)CCC(C)C)C(C(=O)Nc1c(C)cccc1C)c1ccc(C)cc1. The van der Waals surface area contributed by atoms with Crippen molar-refractivity contribution in [1.82, 2.24) is 10.2 Å². The van der Waals surface area contributed by atoms with Crippen molar-refractivity contribution < 1.29 is 19.1 Å². The van der Waals surface area contributed by atoms with Crippen molar-refractivity contribution in [1.29, 1.82) is 0 Å². The van der Waals surface area contributed by atoms with Gasteiger partial charge in [-0.1, -0.05) is 61.9 Å². The Hall–Kier alpha value is -3.00. The molecular weight excluding hydrogens is 546 g/mol. The van der Waals surface area contributed by atoms with Gasteiger partial charge in [0.05, 0.1) is 0 Å². The predicted octanol–water partition coefficient (Wildman–Crippen LogP) is 7.59. The zero-order valence-corrected chi connectivity index (χ0v) is 28.0. The highest BCUT2D eigenvalue weighted by Crippen LogP contribution is 2.30. The molecule has 2 aromatic carbocycles. The van der Waals surface area contributed by atoms with Crippen LogP contribution < -0.4 is 10.6 Å². The molecular formula is C34H51N3O4S. The van der Waals surface area contributed by atoms with Crippen molar-refractivity contribution in [3.05, 3.63) is 64.7 Å². The van der Waals surface area contributed by atoms with Gasteiger partial charge in [0.2, 0.25) is 5.91 Å². The molecule has 0 aromatic heterocycles. The fourth-order valence-electron chi connectivity index (χ4n) is 4.83. The number of nitrogens with zero attached hydrogens (tertiary/aromatic N) is 1. The van der Waals surface area contributed by atoms with Crippen molar-refractivity contribution in [2.45, 2.75) is 105 Å². The van der Waals surface area contributed by atoms with Crippen molar-refractivity contribution >= 4 is 35.4 Å². The van der Waals surface area contributed by atoms with Gasteiger partial charge in [0.15, 0.2) is 0 Å². The lowest BCUT2D eigenvalue weighted by Gasteiger charge is -2.39. The van der Waals surface area contributed by atoms with Crippen LogP contribution in [0.5, 0.6) is 0 Å². The second-order valence-corrected chi connectivity index (χ2v) is 13.6. The topological polar surface area (TPSA) is 87.7 Å². The van der Waals surface area contributed by atoms with Crippen molar-refractivity contribution in [2.75, 3.05) is 17.3 Å². The molecule has 232 valence electrons. The van der Waals surface area contributed by atoms with Crippen LogP contribution in [0.25, 0.3) is 0 Å². The summed E-state index contributed by atoms with van der Waals surface area (Å²) in [4.78, 5) is 43.5. The number of alkyl carbamates (subject to hydrolysis) is 1. The fourth-order valence-corrected chi connectivity index (χ4v) is 5.30. The normalized spacial score (nSPS) is 13.7. The summed E-state index contributed by atoms with van der Waals surface area (Å²) in [5.41, 5.74) is 3.70. The maximum Gasteiger partial charge on any atom is 0.408 e. The summed E-state index contributed by atoms with van der Waals surface area (Å²) in [6.45, 7) is 17.6. The van der Waals surface area contributed by atoms with Crippen LogP contribution >= 0.6 is 11.8 Å². The molecule has 0 aliphatic rings. The monoisotopic (exact) mass is 597 g/mol. The van der Waals surface area contributed by atoms with E-state index in [1.54, 1.807) is 37.4 Å². The summed E-state index contributed by atoms with van der Waals surface area (Å²) >= 11 is 1.60. The standard InChI is InChI=1S/C34H51N3O4S/c1-22(2)14-17-26(6)37(32(39)28(20-21-42-10)35-33(40)41-34(7,8)9)30(27-18-15-23(3)16-19-27)31(38)36-29-24(4)12-11-13-25(29)5/h11-13,15-16,18-19,22,26,28,30H,14,17,20-21H2,1-10H3,(H,35,40)(H,36,38). The zero-order valence-electron chi connectivity index (χ0n) is 27.2. The summed E-state index contributed by atoms with van der Waals surface area (Å²) in [7, 11) is 0. The maximum absolute atomic E-state index is 14.6. The van der Waals surface area contributed by atoms with E-state index in [0.717, 1.165) is 34.4 Å². The Morgan fingerprint density at radius 2 is 1.50 bits per heavy atom. The highest BCUT2D eigenvalue weighted by atomic mass is 32.2. The number of benzene rings is 2. The largest absolute Gasteiger partial charge is 0.444 e. The summed E-state index contributed by atoms with van der Waals surface area (Å²) in [6, 6.07) is 11.6. The lowest BCUT2D eigenvalue weighted by atomic mass is 9.96. The lowest BCUT2D eigenvalue weighted by molar-refractivity contribution is -0.143. The minimum absolute atomic E-state index is 0.271. The number of nitrogens with one attached hydrogen (secondary N) is 2. The zero-order chi connectivity index (χ0) is 31.6. The molecule has 8 heteroatoms. The van der Waals surface area contributed by atoms with Crippen LogP contribution in [0.1, 0.15) is 89.1 Å². The molecule has 0 saturated carbocycles. The first kappa shape index (κ1) is 35.2. The Morgan fingerprint density at radius 3 is 2.02 bits per heavy atom. The highest BCUT2D eigenvalue weighted by molar-refractivity contribution is 7.98. The van der Waals surface area contributed by atoms with Gasteiger partial charge in [-0.15, -0.1) is 0 Å². The molecule has 0 radical (unpaired) electrons. The molecule has 2 rings (SSSR count). The maximum atomic E-state index is 14.6. The molecule has 3 atom stereocenters. The summed E-state index contributed by atoms with van der Waals surface area (Å²) in [5.74, 6) is 0.498. The lowest BCUT2D eigenvalue weighted by Crippen LogP contribution is -2.55. The van der Waals surface area contributed by atoms with Crippen LogP contribution in [-0.2, 0) is 14.3 Å². The molecule has 7 nitrogen and oxygen atoms in total. The van der Waals surface area contributed by atoms with Gasteiger partial charge in [-0.05, 0) is 102 Å². The summed E-state index contributed by atoms with van der Waals surface area (Å²) in [5, 5.41) is 5.99. The quantitative estimate of drug-likeness (QED) is 0.248. The number of aryl methyl sites for hydroxylation is 3. The smallest absolute Gasteiger partial charge is 0.408 e. The second kappa shape index (κ2) is 16.0. The van der Waals surface area contributed by atoms with Gasteiger partial charge in [0.1, 0.15) is 17.7 Å². The number of carbonyl (C=O) groups excluding carboxylic acids is 3. The Morgan fingerprint density at radius 1 is 0.905 bits per heavy atom. The number of ether oxygens (including phenoxy) is 1. The van der Waals surface area contributed by atoms with E-state index < -0.39 is 23.8 Å². The molecule has 0 fully saturated rings. The van der Waals surface area contributed by atoms with Crippen LogP contribution in [-0.4, -0.2) is 52.5 Å². The number of hydrogen-bond acceptors (Lipinski definition) is 5. The van der Waals surface area contributed by atoms with Gasteiger partial charge < -0.3 is 20.3 Å². The molecule has 0 aliphatic heterocycles. The van der Waals surface area contributed by atoms with Crippen molar-refractivity contribution in [3.63, 3.8) is 0 Å². The summed E-state index contributed by atoms with van der Waals surface area (Å²) in [6.07, 6.45) is 3.32. The van der Waals surface area contributed by atoms with Crippen molar-refractivity contribution in [3.8, 4) is 0 Å². The molecule has 2 aromatic rings. The second-order valence-electron chi connectivity index (χ2n) is 12.6. The number of anilines is 1. The molecule has 0 bridgehead atoms. The van der Waals surface area contributed by atoms with Gasteiger partial charge in [0.25, 0.3) is 5.91 Å². The van der Waals surface area contributed by atoms with Gasteiger partial charge in [0, 0.05) is 11.7 Å². The first-order chi connectivity index (χ1) is 19.6. The van der Waals surface area contributed by atoms with E-state index in [-0.39, 0.29) is 17.9 Å². The average molecular weight is 598 g/mol. The van der Waals surface area contributed by atoms with Crippen LogP contribution in [0.3, 0.4) is 0 Å². The van der Waals surface area contributed by atoms with E-state index in [9.17, 15) is 14.4 Å². The van der Waals surface area contributed by atoms with Gasteiger partial charge in [-0.25, -0.2) is 4.79 Å². The van der Waals surface area contributed by atoms with Crippen molar-refractivity contribution in [2.24, 2.45) is 5.92 Å². The first-order valence-electron chi connectivity index (χ1n) is 14.9. The number of hydrogen-bond donors (Lipinski definition) is 2. The predicted molar refractivity (Wildman–Crippen MR) is 175 cm³/mol. The first-order valence-corrected chi connectivity index (χ1v) is 16.3. The van der Waals surface area contributed by atoms with Gasteiger partial charge in [-0.3, -0.25) is 9.59 Å². The van der Waals surface area contributed by atoms with E-state index in [0.29, 0.717) is 24.5 Å². The van der Waals surface area contributed by atoms with Crippen LogP contribution in [0.4, 0.5) is 10.5 Å². The van der Waals surface area contributed by atoms with E-state index in [4.69, 9.17) is 4.74 Å². The average Bonchev–Trinajstić information content (AvgIpc) is 2.89. The number of amides is 3. The number of thioether (sulfide) groups is 1. The summed E-state index contributed by atoms with van der Waals surface area (Å²) < 4.78 is 5.52. The van der Waals surface area contributed by atoms with Crippen LogP contribution in [0, 0.1) is 26.7 Å². The molecule has 0 aliphatic carbocycles. The molecule has 42 heavy (non-hydrogen) atoms. The Kier molecular flexibility index (Phi) is 13.4. The van der Waals surface area contributed by atoms with E-state index in [2.05, 4.69) is 24.5 Å². The number of carbonyl (C=O) groups is 3. The third-order valence-electron chi connectivity index (χ3n) is 7.14. The molecule has 3 amide bonds. The van der Waals surface area contributed by atoms with E-state index >= 15 is 0 Å². The number of para-hydroxylation sites is 1. The molecule has 0 heterocycles. The van der Waals surface area contributed by atoms with E-state index in [1.807, 2.05) is 76.4 Å². The van der Waals surface area contributed by atoms with Crippen LogP contribution in [0.2, 0.25) is 0 Å². The highest BCUT2D eigenvalue weighted by Gasteiger charge is 2.39. The molecule has 3 unspecified atom stereocenters. The Balaban J connectivity index is 2.64. The molecule has 0 spiro atoms.